The molecule has 1 atom stereocenters. The predicted molar refractivity (Wildman–Crippen MR) is 81.1 cm³/mol. The Kier molecular flexibility index (Phi) is 5.17. The summed E-state index contributed by atoms with van der Waals surface area (Å²) in [6.07, 6.45) is 0.691. The normalized spacial score (nSPS) is 12.0. The summed E-state index contributed by atoms with van der Waals surface area (Å²) in [6, 6.07) is 12.2. The van der Waals surface area contributed by atoms with Gasteiger partial charge in [0.05, 0.1) is 7.11 Å². The number of methoxy groups -OCH3 is 1. The minimum Gasteiger partial charge on any atom is -0.497 e. The number of ether oxygens (including phenoxy) is 2. The van der Waals surface area contributed by atoms with E-state index in [4.69, 9.17) is 15.2 Å². The van der Waals surface area contributed by atoms with Crippen LogP contribution in [0.2, 0.25) is 0 Å². The van der Waals surface area contributed by atoms with Crippen LogP contribution in [0.15, 0.2) is 42.5 Å². The number of hydrogen-bond donors (Lipinski definition) is 1. The fourth-order valence-corrected chi connectivity index (χ4v) is 2.08. The van der Waals surface area contributed by atoms with E-state index < -0.39 is 0 Å². The molecular formula is C17H20FNO2. The second kappa shape index (κ2) is 7.09. The molecule has 0 aliphatic rings. The molecule has 0 fully saturated rings. The molecule has 0 spiro atoms. The van der Waals surface area contributed by atoms with Gasteiger partial charge in [0.1, 0.15) is 23.9 Å². The Hall–Kier alpha value is -2.07. The van der Waals surface area contributed by atoms with Gasteiger partial charge in [0, 0.05) is 17.7 Å². The lowest BCUT2D eigenvalue weighted by Crippen LogP contribution is -2.18. The van der Waals surface area contributed by atoms with Gasteiger partial charge in [-0.25, -0.2) is 4.39 Å². The van der Waals surface area contributed by atoms with Crippen LogP contribution in [-0.2, 0) is 13.0 Å². The molecule has 0 saturated carbocycles. The molecule has 0 aliphatic carbocycles. The average molecular weight is 289 g/mol. The molecule has 2 aromatic carbocycles. The Labute approximate surface area is 124 Å². The third kappa shape index (κ3) is 4.20. The first kappa shape index (κ1) is 15.3. The van der Waals surface area contributed by atoms with Gasteiger partial charge in [-0.3, -0.25) is 0 Å². The van der Waals surface area contributed by atoms with Crippen LogP contribution < -0.4 is 15.2 Å². The topological polar surface area (TPSA) is 44.5 Å². The van der Waals surface area contributed by atoms with Crippen LogP contribution in [-0.4, -0.2) is 13.2 Å². The van der Waals surface area contributed by atoms with Crippen LogP contribution in [0.5, 0.6) is 11.5 Å². The van der Waals surface area contributed by atoms with Crippen LogP contribution in [0.3, 0.4) is 0 Å². The summed E-state index contributed by atoms with van der Waals surface area (Å²) in [4.78, 5) is 0. The first-order valence-electron chi connectivity index (χ1n) is 6.89. The Bertz CT molecular complexity index is 599. The van der Waals surface area contributed by atoms with Crippen molar-refractivity contribution >= 4 is 0 Å². The van der Waals surface area contributed by atoms with E-state index in [1.807, 2.05) is 19.1 Å². The molecule has 0 heterocycles. The van der Waals surface area contributed by atoms with Crippen molar-refractivity contribution in [3.63, 3.8) is 0 Å². The summed E-state index contributed by atoms with van der Waals surface area (Å²) >= 11 is 0. The van der Waals surface area contributed by atoms with Gasteiger partial charge in [0.15, 0.2) is 0 Å². The van der Waals surface area contributed by atoms with Gasteiger partial charge in [-0.1, -0.05) is 24.3 Å². The quantitative estimate of drug-likeness (QED) is 0.887. The second-order valence-corrected chi connectivity index (χ2v) is 5.04. The molecule has 0 radical (unpaired) electrons. The smallest absolute Gasteiger partial charge is 0.129 e. The van der Waals surface area contributed by atoms with Gasteiger partial charge in [0.25, 0.3) is 0 Å². The average Bonchev–Trinajstić information content (AvgIpc) is 2.47. The van der Waals surface area contributed by atoms with Crippen LogP contribution in [0, 0.1) is 5.82 Å². The van der Waals surface area contributed by atoms with Crippen LogP contribution >= 0.6 is 0 Å². The molecule has 2 rings (SSSR count). The summed E-state index contributed by atoms with van der Waals surface area (Å²) in [7, 11) is 1.60. The van der Waals surface area contributed by atoms with E-state index in [0.717, 1.165) is 5.56 Å². The molecule has 0 saturated heterocycles. The first-order chi connectivity index (χ1) is 10.1. The van der Waals surface area contributed by atoms with Crippen molar-refractivity contribution in [3.05, 3.63) is 59.4 Å². The zero-order chi connectivity index (χ0) is 15.2. The Morgan fingerprint density at radius 3 is 2.57 bits per heavy atom. The van der Waals surface area contributed by atoms with Crippen molar-refractivity contribution < 1.29 is 13.9 Å². The summed E-state index contributed by atoms with van der Waals surface area (Å²) in [6.45, 7) is 2.11. The van der Waals surface area contributed by atoms with Crippen LogP contribution in [0.4, 0.5) is 4.39 Å². The van der Waals surface area contributed by atoms with Crippen molar-refractivity contribution in [2.45, 2.75) is 26.0 Å². The van der Waals surface area contributed by atoms with E-state index in [2.05, 4.69) is 0 Å². The maximum absolute atomic E-state index is 13.6. The Balaban J connectivity index is 2.18. The summed E-state index contributed by atoms with van der Waals surface area (Å²) in [5.41, 5.74) is 7.36. The molecule has 2 N–H and O–H groups in total. The van der Waals surface area contributed by atoms with E-state index in [1.54, 1.807) is 31.4 Å². The first-order valence-corrected chi connectivity index (χ1v) is 6.89. The van der Waals surface area contributed by atoms with Gasteiger partial charge in [-0.2, -0.15) is 0 Å². The highest BCUT2D eigenvalue weighted by molar-refractivity contribution is 5.41. The maximum Gasteiger partial charge on any atom is 0.129 e. The fraction of sp³-hybridized carbons (Fsp3) is 0.294. The zero-order valence-electron chi connectivity index (χ0n) is 12.3. The SMILES string of the molecule is COc1ccc(CC(C)N)c(OCc2ccccc2F)c1. The van der Waals surface area contributed by atoms with Gasteiger partial charge in [-0.05, 0) is 31.0 Å². The zero-order valence-corrected chi connectivity index (χ0v) is 12.3. The lowest BCUT2D eigenvalue weighted by Gasteiger charge is -2.14. The molecule has 4 heteroatoms. The molecule has 2 aromatic rings. The van der Waals surface area contributed by atoms with E-state index in [1.165, 1.54) is 6.07 Å². The molecular weight excluding hydrogens is 269 g/mol. The van der Waals surface area contributed by atoms with Gasteiger partial charge in [0.2, 0.25) is 0 Å². The highest BCUT2D eigenvalue weighted by Crippen LogP contribution is 2.27. The summed E-state index contributed by atoms with van der Waals surface area (Å²) in [5.74, 6) is 1.11. The largest absolute Gasteiger partial charge is 0.497 e. The highest BCUT2D eigenvalue weighted by atomic mass is 19.1. The fourth-order valence-electron chi connectivity index (χ4n) is 2.08. The number of benzene rings is 2. The highest BCUT2D eigenvalue weighted by Gasteiger charge is 2.09. The second-order valence-electron chi connectivity index (χ2n) is 5.04. The molecule has 0 aromatic heterocycles. The summed E-state index contributed by atoms with van der Waals surface area (Å²) in [5, 5.41) is 0. The van der Waals surface area contributed by atoms with Gasteiger partial charge >= 0.3 is 0 Å². The van der Waals surface area contributed by atoms with Gasteiger partial charge < -0.3 is 15.2 Å². The van der Waals surface area contributed by atoms with E-state index >= 15 is 0 Å². The maximum atomic E-state index is 13.6. The van der Waals surface area contributed by atoms with Crippen LogP contribution in [0.25, 0.3) is 0 Å². The molecule has 112 valence electrons. The minimum absolute atomic E-state index is 0.0224. The minimum atomic E-state index is -0.269. The lowest BCUT2D eigenvalue weighted by atomic mass is 10.1. The van der Waals surface area contributed by atoms with E-state index in [-0.39, 0.29) is 18.5 Å². The third-order valence-electron chi connectivity index (χ3n) is 3.16. The van der Waals surface area contributed by atoms with E-state index in [0.29, 0.717) is 23.5 Å². The Morgan fingerprint density at radius 1 is 1.14 bits per heavy atom. The van der Waals surface area contributed by atoms with E-state index in [9.17, 15) is 4.39 Å². The molecule has 0 bridgehead atoms. The number of halogens is 1. The standard InChI is InChI=1S/C17H20FNO2/c1-12(19)9-13-7-8-15(20-2)10-17(13)21-11-14-5-3-4-6-16(14)18/h3-8,10,12H,9,11,19H2,1-2H3. The lowest BCUT2D eigenvalue weighted by molar-refractivity contribution is 0.294. The monoisotopic (exact) mass is 289 g/mol. The third-order valence-corrected chi connectivity index (χ3v) is 3.16. The number of hydrogen-bond acceptors (Lipinski definition) is 3. The molecule has 0 aliphatic heterocycles. The molecule has 1 unspecified atom stereocenters. The van der Waals surface area contributed by atoms with Crippen molar-refractivity contribution in [1.82, 2.24) is 0 Å². The number of rotatable bonds is 6. The Morgan fingerprint density at radius 2 is 1.90 bits per heavy atom. The van der Waals surface area contributed by atoms with Crippen molar-refractivity contribution in [3.8, 4) is 11.5 Å². The molecule has 21 heavy (non-hydrogen) atoms. The number of nitrogens with two attached hydrogens (primary N) is 1. The molecule has 3 nitrogen and oxygen atoms in total. The van der Waals surface area contributed by atoms with Crippen molar-refractivity contribution in [1.29, 1.82) is 0 Å². The van der Waals surface area contributed by atoms with Crippen molar-refractivity contribution in [2.24, 2.45) is 5.73 Å². The van der Waals surface area contributed by atoms with Crippen molar-refractivity contribution in [2.75, 3.05) is 7.11 Å². The predicted octanol–water partition coefficient (Wildman–Crippen LogP) is 3.30. The molecule has 0 amide bonds. The summed E-state index contributed by atoms with van der Waals surface area (Å²) < 4.78 is 24.6. The van der Waals surface area contributed by atoms with Crippen LogP contribution in [0.1, 0.15) is 18.1 Å². The van der Waals surface area contributed by atoms with Gasteiger partial charge in [-0.15, -0.1) is 0 Å².